The molecule has 2 fully saturated rings. The monoisotopic (exact) mass is 453 g/mol. The zero-order valence-electron chi connectivity index (χ0n) is 17.0. The number of halogens is 4. The lowest BCUT2D eigenvalue weighted by molar-refractivity contribution is 0.0160. The van der Waals surface area contributed by atoms with Gasteiger partial charge in [0.25, 0.3) is 0 Å². The first-order valence-corrected chi connectivity index (χ1v) is 10.6. The molecule has 2 aromatic rings. The molecule has 0 amide bonds. The number of benzene rings is 2. The van der Waals surface area contributed by atoms with Gasteiger partial charge in [-0.05, 0) is 54.5 Å². The molecule has 0 N–H and O–H groups in total. The van der Waals surface area contributed by atoms with Gasteiger partial charge in [-0.25, -0.2) is 18.0 Å². The first-order chi connectivity index (χ1) is 14.9. The van der Waals surface area contributed by atoms with Crippen molar-refractivity contribution < 1.29 is 27.4 Å². The van der Waals surface area contributed by atoms with Gasteiger partial charge in [0, 0.05) is 30.7 Å². The van der Waals surface area contributed by atoms with E-state index in [0.717, 1.165) is 24.5 Å². The summed E-state index contributed by atoms with van der Waals surface area (Å²) in [7, 11) is 1.20. The number of nitrogens with zero attached hydrogens (tertiary/aromatic N) is 1. The zero-order chi connectivity index (χ0) is 22.1. The summed E-state index contributed by atoms with van der Waals surface area (Å²) in [6.07, 6.45) is 0.0535. The number of hydrogen-bond donors (Lipinski definition) is 0. The van der Waals surface area contributed by atoms with Gasteiger partial charge < -0.3 is 9.47 Å². The smallest absolute Gasteiger partial charge is 0.340 e. The predicted molar refractivity (Wildman–Crippen MR) is 110 cm³/mol. The fraction of sp³-hybridized carbons (Fsp3) is 0.435. The lowest BCUT2D eigenvalue weighted by Crippen LogP contribution is -2.47. The first kappa shape index (κ1) is 22.0. The van der Waals surface area contributed by atoms with Gasteiger partial charge in [0.05, 0.1) is 12.7 Å². The fourth-order valence-electron chi connectivity index (χ4n) is 3.91. The highest BCUT2D eigenvalue weighted by Gasteiger charge is 2.35. The molecule has 2 atom stereocenters. The van der Waals surface area contributed by atoms with E-state index in [2.05, 4.69) is 4.74 Å². The Balaban J connectivity index is 1.52. The first-order valence-electron chi connectivity index (χ1n) is 10.2. The molecule has 1 saturated carbocycles. The number of methoxy groups -OCH3 is 1. The molecule has 4 nitrogen and oxygen atoms in total. The van der Waals surface area contributed by atoms with Crippen molar-refractivity contribution in [3.8, 4) is 5.75 Å². The van der Waals surface area contributed by atoms with Crippen LogP contribution in [0.5, 0.6) is 5.75 Å². The molecule has 0 aromatic heterocycles. The van der Waals surface area contributed by atoms with Crippen LogP contribution in [0.4, 0.5) is 13.2 Å². The minimum absolute atomic E-state index is 0.148. The van der Waals surface area contributed by atoms with E-state index in [1.165, 1.54) is 25.3 Å². The normalized spacial score (nSPS) is 21.7. The van der Waals surface area contributed by atoms with Crippen LogP contribution in [0.15, 0.2) is 30.3 Å². The van der Waals surface area contributed by atoms with Crippen LogP contribution in [0.1, 0.15) is 46.7 Å². The molecule has 0 radical (unpaired) electrons. The van der Waals surface area contributed by atoms with Crippen LogP contribution in [-0.4, -0.2) is 43.3 Å². The van der Waals surface area contributed by atoms with Crippen molar-refractivity contribution in [3.63, 3.8) is 0 Å². The van der Waals surface area contributed by atoms with Crippen LogP contribution in [0, 0.1) is 11.6 Å². The summed E-state index contributed by atoms with van der Waals surface area (Å²) in [5, 5.41) is 0.316. The second-order valence-electron chi connectivity index (χ2n) is 8.07. The van der Waals surface area contributed by atoms with Gasteiger partial charge in [0.15, 0.2) is 0 Å². The Kier molecular flexibility index (Phi) is 6.44. The largest absolute Gasteiger partial charge is 0.486 e. The fourth-order valence-corrected chi connectivity index (χ4v) is 4.14. The number of alkyl halides is 1. The number of ether oxygens (including phenoxy) is 2. The molecule has 1 saturated heterocycles. The summed E-state index contributed by atoms with van der Waals surface area (Å²) < 4.78 is 53.1. The Morgan fingerprint density at radius 2 is 1.97 bits per heavy atom. The predicted octanol–water partition coefficient (Wildman–Crippen LogP) is 5.27. The lowest BCUT2D eigenvalue weighted by Gasteiger charge is -2.35. The second-order valence-corrected chi connectivity index (χ2v) is 8.47. The number of rotatable bonds is 6. The molecule has 166 valence electrons. The van der Waals surface area contributed by atoms with E-state index >= 15 is 0 Å². The van der Waals surface area contributed by atoms with Crippen LogP contribution in [-0.2, 0) is 11.3 Å². The molecular weight excluding hydrogens is 431 g/mol. The van der Waals surface area contributed by atoms with Crippen molar-refractivity contribution in [2.24, 2.45) is 0 Å². The van der Waals surface area contributed by atoms with E-state index in [9.17, 15) is 18.0 Å². The summed E-state index contributed by atoms with van der Waals surface area (Å²) >= 11 is 6.12. The summed E-state index contributed by atoms with van der Waals surface area (Å²) in [5.74, 6) is -1.50. The Morgan fingerprint density at radius 1 is 1.19 bits per heavy atom. The summed E-state index contributed by atoms with van der Waals surface area (Å²) in [6, 6.07) is 6.81. The van der Waals surface area contributed by atoms with Gasteiger partial charge in [0.2, 0.25) is 0 Å². The summed E-state index contributed by atoms with van der Waals surface area (Å²) in [5.41, 5.74) is 1.30. The topological polar surface area (TPSA) is 38.8 Å². The number of piperidine rings is 1. The Bertz CT molecular complexity index is 983. The number of carbonyl (C=O) groups is 1. The minimum Gasteiger partial charge on any atom is -0.486 e. The molecule has 4 rings (SSSR count). The van der Waals surface area contributed by atoms with Crippen LogP contribution in [0.2, 0.25) is 5.02 Å². The molecule has 0 unspecified atom stereocenters. The molecule has 0 bridgehead atoms. The lowest BCUT2D eigenvalue weighted by atomic mass is 10.0. The molecule has 1 aliphatic carbocycles. The highest BCUT2D eigenvalue weighted by Crippen LogP contribution is 2.45. The maximum atomic E-state index is 14.7. The quantitative estimate of drug-likeness (QED) is 0.558. The number of carbonyl (C=O) groups excluding carboxylic acids is 1. The van der Waals surface area contributed by atoms with E-state index < -0.39 is 29.9 Å². The van der Waals surface area contributed by atoms with Crippen molar-refractivity contribution >= 4 is 17.6 Å². The maximum absolute atomic E-state index is 14.7. The van der Waals surface area contributed by atoms with E-state index in [1.807, 2.05) is 4.90 Å². The van der Waals surface area contributed by atoms with Gasteiger partial charge in [0.1, 0.15) is 29.7 Å². The van der Waals surface area contributed by atoms with Gasteiger partial charge in [-0.2, -0.15) is 0 Å². The highest BCUT2D eigenvalue weighted by molar-refractivity contribution is 6.31. The average molecular weight is 454 g/mol. The van der Waals surface area contributed by atoms with Crippen molar-refractivity contribution in [2.75, 3.05) is 20.2 Å². The highest BCUT2D eigenvalue weighted by atomic mass is 35.5. The Hall–Kier alpha value is -2.25. The van der Waals surface area contributed by atoms with Crippen LogP contribution in [0.3, 0.4) is 0 Å². The van der Waals surface area contributed by atoms with Crippen molar-refractivity contribution in [2.45, 2.75) is 44.0 Å². The number of esters is 1. The van der Waals surface area contributed by atoms with Gasteiger partial charge >= 0.3 is 5.97 Å². The van der Waals surface area contributed by atoms with Gasteiger partial charge in [-0.15, -0.1) is 0 Å². The summed E-state index contributed by atoms with van der Waals surface area (Å²) in [4.78, 5) is 13.8. The number of likely N-dealkylation sites (tertiary alicyclic amines) is 1. The van der Waals surface area contributed by atoms with Crippen LogP contribution in [0.25, 0.3) is 0 Å². The van der Waals surface area contributed by atoms with Gasteiger partial charge in [-0.3, -0.25) is 4.90 Å². The molecule has 2 aromatic carbocycles. The van der Waals surface area contributed by atoms with E-state index in [-0.39, 0.29) is 30.2 Å². The third-order valence-corrected chi connectivity index (χ3v) is 6.12. The van der Waals surface area contributed by atoms with Crippen molar-refractivity contribution in [3.05, 3.63) is 63.7 Å². The molecule has 1 heterocycles. The summed E-state index contributed by atoms with van der Waals surface area (Å²) in [6.45, 7) is 1.20. The minimum atomic E-state index is -1.21. The second kappa shape index (κ2) is 9.09. The SMILES string of the molecule is COC(=O)c1cc(C2CC2)c(O[C@@H]2CN(Cc3ccc(F)cc3Cl)CC[C@H]2F)cc1F. The number of hydrogen-bond acceptors (Lipinski definition) is 4. The third-order valence-electron chi connectivity index (χ3n) is 5.77. The Morgan fingerprint density at radius 3 is 2.65 bits per heavy atom. The van der Waals surface area contributed by atoms with E-state index in [4.69, 9.17) is 16.3 Å². The Labute approximate surface area is 183 Å². The van der Waals surface area contributed by atoms with E-state index in [1.54, 1.807) is 6.07 Å². The molecule has 31 heavy (non-hydrogen) atoms. The molecule has 1 aliphatic heterocycles. The van der Waals surface area contributed by atoms with Gasteiger partial charge in [-0.1, -0.05) is 17.7 Å². The average Bonchev–Trinajstić information content (AvgIpc) is 3.57. The molecule has 2 aliphatic rings. The zero-order valence-corrected chi connectivity index (χ0v) is 17.8. The third kappa shape index (κ3) is 4.99. The standard InChI is InChI=1S/C23H23ClF3NO3/c1-30-23(29)17-9-16(13-2-3-13)21(10-20(17)27)31-22-12-28(7-6-19(22)26)11-14-4-5-15(25)8-18(14)24/h4-5,8-10,13,19,22H,2-3,6-7,11-12H2,1H3/t19-,22-/m1/s1. The van der Waals surface area contributed by atoms with Crippen molar-refractivity contribution in [1.29, 1.82) is 0 Å². The maximum Gasteiger partial charge on any atom is 0.340 e. The van der Waals surface area contributed by atoms with E-state index in [0.29, 0.717) is 23.7 Å². The molecule has 8 heteroatoms. The van der Waals surface area contributed by atoms with Crippen LogP contribution >= 0.6 is 11.6 Å². The van der Waals surface area contributed by atoms with Crippen molar-refractivity contribution in [1.82, 2.24) is 4.90 Å². The molecule has 0 spiro atoms. The van der Waals surface area contributed by atoms with Crippen LogP contribution < -0.4 is 4.74 Å². The molecular formula is C23H23ClF3NO3.